The maximum Gasteiger partial charge on any atom is 0.117 e. The topological polar surface area (TPSA) is 29.9 Å². The Bertz CT molecular complexity index is 313. The molecule has 0 spiro atoms. The summed E-state index contributed by atoms with van der Waals surface area (Å²) in [6.45, 7) is 1.72. The molecular formula is C11H18FN3. The highest BCUT2D eigenvalue weighted by atomic mass is 19.1. The summed E-state index contributed by atoms with van der Waals surface area (Å²) < 4.78 is 16.2. The van der Waals surface area contributed by atoms with Gasteiger partial charge in [0.15, 0.2) is 0 Å². The summed E-state index contributed by atoms with van der Waals surface area (Å²) >= 11 is 0. The molecule has 1 N–H and O–H groups in total. The lowest BCUT2D eigenvalue weighted by Crippen LogP contribution is -2.27. The summed E-state index contributed by atoms with van der Waals surface area (Å²) in [5.41, 5.74) is -0.195. The molecule has 0 bridgehead atoms. The van der Waals surface area contributed by atoms with Gasteiger partial charge in [-0.2, -0.15) is 5.10 Å². The van der Waals surface area contributed by atoms with Crippen LogP contribution in [-0.2, 0) is 13.5 Å². The highest BCUT2D eigenvalue weighted by molar-refractivity contribution is 5.04. The summed E-state index contributed by atoms with van der Waals surface area (Å²) in [7, 11) is 1.86. The molecule has 84 valence electrons. The molecule has 15 heavy (non-hydrogen) atoms. The molecule has 1 unspecified atom stereocenters. The van der Waals surface area contributed by atoms with Gasteiger partial charge in [0.05, 0.1) is 5.69 Å². The zero-order chi connectivity index (χ0) is 10.7. The van der Waals surface area contributed by atoms with E-state index in [0.717, 1.165) is 25.2 Å². The molecule has 1 aliphatic heterocycles. The Morgan fingerprint density at radius 3 is 3.13 bits per heavy atom. The van der Waals surface area contributed by atoms with Gasteiger partial charge in [-0.05, 0) is 38.4 Å². The molecule has 1 aromatic rings. The van der Waals surface area contributed by atoms with Crippen molar-refractivity contribution >= 4 is 0 Å². The molecule has 1 aliphatic rings. The summed E-state index contributed by atoms with van der Waals surface area (Å²) in [6, 6.07) is 1.90. The number of halogens is 1. The minimum atomic E-state index is -1.06. The van der Waals surface area contributed by atoms with E-state index in [1.165, 1.54) is 0 Å². The van der Waals surface area contributed by atoms with Crippen molar-refractivity contribution in [1.29, 1.82) is 0 Å². The number of nitrogens with zero attached hydrogens (tertiary/aromatic N) is 2. The maximum absolute atomic E-state index is 14.4. The molecule has 0 radical (unpaired) electrons. The number of rotatable bonds is 2. The quantitative estimate of drug-likeness (QED) is 0.802. The molecule has 0 saturated carbocycles. The third kappa shape index (κ3) is 2.78. The molecule has 2 rings (SSSR count). The summed E-state index contributed by atoms with van der Waals surface area (Å²) in [5.74, 6) is 0. The van der Waals surface area contributed by atoms with Crippen molar-refractivity contribution in [3.8, 4) is 0 Å². The maximum atomic E-state index is 14.4. The van der Waals surface area contributed by atoms with E-state index in [-0.39, 0.29) is 0 Å². The first-order valence-corrected chi connectivity index (χ1v) is 5.56. The average Bonchev–Trinajstić information content (AvgIpc) is 2.46. The van der Waals surface area contributed by atoms with E-state index < -0.39 is 5.67 Å². The Balaban J connectivity index is 2.02. The number of hydrogen-bond donors (Lipinski definition) is 1. The Morgan fingerprint density at radius 2 is 2.40 bits per heavy atom. The van der Waals surface area contributed by atoms with E-state index in [2.05, 4.69) is 10.4 Å². The minimum Gasteiger partial charge on any atom is -0.317 e. The van der Waals surface area contributed by atoms with Crippen molar-refractivity contribution in [1.82, 2.24) is 15.1 Å². The highest BCUT2D eigenvalue weighted by Gasteiger charge is 2.31. The zero-order valence-electron chi connectivity index (χ0n) is 9.17. The van der Waals surface area contributed by atoms with Crippen molar-refractivity contribution in [3.63, 3.8) is 0 Å². The molecule has 1 saturated heterocycles. The second-order valence-electron chi connectivity index (χ2n) is 4.41. The zero-order valence-corrected chi connectivity index (χ0v) is 9.17. The van der Waals surface area contributed by atoms with Gasteiger partial charge in [-0.25, -0.2) is 4.39 Å². The van der Waals surface area contributed by atoms with E-state index in [1.807, 2.05) is 19.3 Å². The van der Waals surface area contributed by atoms with E-state index in [0.29, 0.717) is 19.3 Å². The third-order valence-electron chi connectivity index (χ3n) is 2.99. The molecule has 0 aliphatic carbocycles. The lowest BCUT2D eigenvalue weighted by atomic mass is 9.92. The van der Waals surface area contributed by atoms with Gasteiger partial charge in [-0.3, -0.25) is 4.68 Å². The second-order valence-corrected chi connectivity index (χ2v) is 4.41. The van der Waals surface area contributed by atoms with Crippen molar-refractivity contribution < 1.29 is 4.39 Å². The van der Waals surface area contributed by atoms with Crippen LogP contribution in [0.1, 0.15) is 25.0 Å². The summed E-state index contributed by atoms with van der Waals surface area (Å²) in [5, 5.41) is 7.46. The van der Waals surface area contributed by atoms with E-state index >= 15 is 0 Å². The van der Waals surface area contributed by atoms with Crippen LogP contribution in [0.4, 0.5) is 4.39 Å². The fraction of sp³-hybridized carbons (Fsp3) is 0.727. The van der Waals surface area contributed by atoms with Gasteiger partial charge in [-0.15, -0.1) is 0 Å². The molecule has 3 nitrogen and oxygen atoms in total. The van der Waals surface area contributed by atoms with Crippen LogP contribution in [0.3, 0.4) is 0 Å². The first-order valence-electron chi connectivity index (χ1n) is 5.56. The monoisotopic (exact) mass is 211 g/mol. The van der Waals surface area contributed by atoms with Crippen LogP contribution in [0, 0.1) is 0 Å². The second kappa shape index (κ2) is 4.31. The first-order chi connectivity index (χ1) is 7.18. The number of nitrogens with one attached hydrogen (secondary N) is 1. The summed E-state index contributed by atoms with van der Waals surface area (Å²) in [6.07, 6.45) is 4.49. The number of aryl methyl sites for hydroxylation is 1. The number of aromatic nitrogens is 2. The fourth-order valence-electron chi connectivity index (χ4n) is 2.15. The van der Waals surface area contributed by atoms with Crippen molar-refractivity contribution in [2.24, 2.45) is 7.05 Å². The van der Waals surface area contributed by atoms with E-state index in [1.54, 1.807) is 4.68 Å². The molecule has 0 amide bonds. The predicted molar refractivity (Wildman–Crippen MR) is 57.5 cm³/mol. The molecule has 0 aromatic carbocycles. The Labute approximate surface area is 89.7 Å². The van der Waals surface area contributed by atoms with Crippen LogP contribution in [0.5, 0.6) is 0 Å². The van der Waals surface area contributed by atoms with Crippen molar-refractivity contribution in [3.05, 3.63) is 18.0 Å². The van der Waals surface area contributed by atoms with Crippen molar-refractivity contribution in [2.45, 2.75) is 31.4 Å². The fourth-order valence-corrected chi connectivity index (χ4v) is 2.15. The molecule has 4 heteroatoms. The minimum absolute atomic E-state index is 0.454. The first kappa shape index (κ1) is 10.6. The normalized spacial score (nSPS) is 27.6. The average molecular weight is 211 g/mol. The van der Waals surface area contributed by atoms with Gasteiger partial charge in [0.25, 0.3) is 0 Å². The number of alkyl halides is 1. The van der Waals surface area contributed by atoms with Crippen LogP contribution >= 0.6 is 0 Å². The highest BCUT2D eigenvalue weighted by Crippen LogP contribution is 2.27. The van der Waals surface area contributed by atoms with Gasteiger partial charge in [0.2, 0.25) is 0 Å². The van der Waals surface area contributed by atoms with Crippen molar-refractivity contribution in [2.75, 3.05) is 13.1 Å². The van der Waals surface area contributed by atoms with Gasteiger partial charge in [0.1, 0.15) is 5.67 Å². The third-order valence-corrected chi connectivity index (χ3v) is 2.99. The van der Waals surface area contributed by atoms with E-state index in [9.17, 15) is 4.39 Å². The van der Waals surface area contributed by atoms with Gasteiger partial charge in [-0.1, -0.05) is 0 Å². The van der Waals surface area contributed by atoms with Crippen LogP contribution in [0.25, 0.3) is 0 Å². The molecule has 1 fully saturated rings. The predicted octanol–water partition coefficient (Wildman–Crippen LogP) is 1.44. The smallest absolute Gasteiger partial charge is 0.117 e. The lowest BCUT2D eigenvalue weighted by molar-refractivity contribution is 0.143. The summed E-state index contributed by atoms with van der Waals surface area (Å²) in [4.78, 5) is 0. The van der Waals surface area contributed by atoms with Gasteiger partial charge < -0.3 is 5.32 Å². The SMILES string of the molecule is Cn1ccc(CC2(F)CCCNCC2)n1. The van der Waals surface area contributed by atoms with Gasteiger partial charge in [0, 0.05) is 19.7 Å². The molecule has 1 aromatic heterocycles. The van der Waals surface area contributed by atoms with Crippen LogP contribution in [0.15, 0.2) is 12.3 Å². The number of hydrogen-bond acceptors (Lipinski definition) is 2. The van der Waals surface area contributed by atoms with Crippen LogP contribution < -0.4 is 5.32 Å². The van der Waals surface area contributed by atoms with Gasteiger partial charge >= 0.3 is 0 Å². The van der Waals surface area contributed by atoms with Crippen LogP contribution in [-0.4, -0.2) is 28.5 Å². The molecular weight excluding hydrogens is 193 g/mol. The molecule has 1 atom stereocenters. The largest absolute Gasteiger partial charge is 0.317 e. The molecule has 2 heterocycles. The Morgan fingerprint density at radius 1 is 1.53 bits per heavy atom. The lowest BCUT2D eigenvalue weighted by Gasteiger charge is -2.21. The van der Waals surface area contributed by atoms with Crippen LogP contribution in [0.2, 0.25) is 0 Å². The Kier molecular flexibility index (Phi) is 3.05. The Hall–Kier alpha value is -0.900. The standard InChI is InChI=1S/C11H18FN3/c1-15-8-3-10(14-15)9-11(12)4-2-6-13-7-5-11/h3,8,13H,2,4-7,9H2,1H3. The van der Waals surface area contributed by atoms with E-state index in [4.69, 9.17) is 0 Å².